The van der Waals surface area contributed by atoms with Gasteiger partial charge in [-0.3, -0.25) is 0 Å². The number of rotatable bonds is 17. The molecule has 0 saturated carbocycles. The van der Waals surface area contributed by atoms with E-state index in [0.29, 0.717) is 6.42 Å². The van der Waals surface area contributed by atoms with Crippen LogP contribution in [0.15, 0.2) is 40.5 Å². The number of nitrogens with one attached hydrogen (secondary N) is 2. The first-order valence-corrected chi connectivity index (χ1v) is 22.7. The fourth-order valence-electron chi connectivity index (χ4n) is 4.73. The predicted octanol–water partition coefficient (Wildman–Crippen LogP) is 8.21. The molecule has 0 spiro atoms. The van der Waals surface area contributed by atoms with Crippen molar-refractivity contribution < 1.29 is 14.3 Å². The van der Waals surface area contributed by atoms with Gasteiger partial charge in [-0.2, -0.15) is 0 Å². The van der Waals surface area contributed by atoms with E-state index in [2.05, 4.69) is 55.4 Å². The number of ether oxygens (including phenoxy) is 1. The van der Waals surface area contributed by atoms with Crippen molar-refractivity contribution in [3.8, 4) is 0 Å². The molecule has 2 N–H and O–H groups in total. The van der Waals surface area contributed by atoms with Crippen molar-refractivity contribution in [3.05, 3.63) is 46.1 Å². The van der Waals surface area contributed by atoms with Crippen LogP contribution in [0.4, 0.5) is 4.79 Å². The summed E-state index contributed by atoms with van der Waals surface area (Å²) in [6, 6.07) is 9.04. The number of hydrogen-bond acceptors (Lipinski definition) is 3. The van der Waals surface area contributed by atoms with Crippen molar-refractivity contribution in [3.63, 3.8) is 0 Å². The third-order valence-electron chi connectivity index (χ3n) is 7.06. The van der Waals surface area contributed by atoms with Gasteiger partial charge >= 0.3 is 239 Å². The van der Waals surface area contributed by atoms with Gasteiger partial charge in [0.15, 0.2) is 0 Å². The van der Waals surface area contributed by atoms with Crippen LogP contribution in [0.1, 0.15) is 99.5 Å². The SMILES string of the molecule is CCC[CH2][Sn](/[CH]=C/[C@@H](NC(=O)[C@H](Cc1ccccc1)NC(=O)OC(C)(C)C)C(C)C)([CH2]CCC)[CH2]CCC. The predicted molar refractivity (Wildman–Crippen MR) is 164 cm³/mol. The Hall–Kier alpha value is -1.50. The van der Waals surface area contributed by atoms with Crippen LogP contribution < -0.4 is 10.6 Å². The summed E-state index contributed by atoms with van der Waals surface area (Å²) >= 11 is -2.48. The van der Waals surface area contributed by atoms with Gasteiger partial charge in [-0.05, 0) is 0 Å². The molecule has 0 radical (unpaired) electrons. The van der Waals surface area contributed by atoms with Crippen molar-refractivity contribution in [1.29, 1.82) is 0 Å². The molecule has 1 rings (SSSR count). The topological polar surface area (TPSA) is 67.4 Å². The van der Waals surface area contributed by atoms with E-state index in [4.69, 9.17) is 4.74 Å². The summed E-state index contributed by atoms with van der Waals surface area (Å²) in [5, 5.41) is 6.12. The molecule has 0 aliphatic heterocycles. The zero-order chi connectivity index (χ0) is 28.6. The first-order chi connectivity index (χ1) is 17.9. The van der Waals surface area contributed by atoms with Crippen LogP contribution in [0.3, 0.4) is 0 Å². The van der Waals surface area contributed by atoms with Crippen LogP contribution in [-0.2, 0) is 16.0 Å². The number of benzene rings is 1. The molecule has 2 atom stereocenters. The fraction of sp³-hybridized carbons (Fsp3) is 0.688. The van der Waals surface area contributed by atoms with Gasteiger partial charge in [0.05, 0.1) is 0 Å². The maximum absolute atomic E-state index is 13.6. The molecular weight excluding hydrogens is 579 g/mol. The van der Waals surface area contributed by atoms with Crippen molar-refractivity contribution in [2.75, 3.05) is 0 Å². The molecule has 216 valence electrons. The van der Waals surface area contributed by atoms with E-state index in [0.717, 1.165) is 5.56 Å². The van der Waals surface area contributed by atoms with E-state index in [-0.39, 0.29) is 17.9 Å². The molecule has 0 aromatic heterocycles. The summed E-state index contributed by atoms with van der Waals surface area (Å²) in [6.07, 6.45) is 9.83. The van der Waals surface area contributed by atoms with Crippen molar-refractivity contribution in [2.24, 2.45) is 5.92 Å². The van der Waals surface area contributed by atoms with E-state index < -0.39 is 36.1 Å². The molecule has 6 heteroatoms. The second kappa shape index (κ2) is 18.0. The van der Waals surface area contributed by atoms with Crippen LogP contribution in [0, 0.1) is 5.92 Å². The molecule has 38 heavy (non-hydrogen) atoms. The standard InChI is InChI=1S/C20H29N2O3.3C4H9.Sn/c1-7-16(14(2)3)21-18(23)17(13-15-11-9-8-10-12-15)22-19(24)25-20(4,5)6;3*1-3-4-2;/h1,7-12,14,16-17H,13H2,2-6H3,(H,21,23)(H,22,24);3*1,3-4H2,2H3;/t16-,17+;;;;/m1..../s1. The Morgan fingerprint density at radius 2 is 1.42 bits per heavy atom. The summed E-state index contributed by atoms with van der Waals surface area (Å²) in [7, 11) is 0. The summed E-state index contributed by atoms with van der Waals surface area (Å²) in [5.74, 6) is 0.0844. The Morgan fingerprint density at radius 3 is 1.87 bits per heavy atom. The Morgan fingerprint density at radius 1 is 0.895 bits per heavy atom. The van der Waals surface area contributed by atoms with Crippen molar-refractivity contribution in [1.82, 2.24) is 10.6 Å². The van der Waals surface area contributed by atoms with Crippen LogP contribution in [0.25, 0.3) is 0 Å². The van der Waals surface area contributed by atoms with Gasteiger partial charge in [-0.25, -0.2) is 0 Å². The molecule has 0 aliphatic carbocycles. The molecule has 0 bridgehead atoms. The van der Waals surface area contributed by atoms with E-state index in [1.807, 2.05) is 51.1 Å². The van der Waals surface area contributed by atoms with Crippen molar-refractivity contribution in [2.45, 2.75) is 131 Å². The van der Waals surface area contributed by atoms with Gasteiger partial charge in [0.2, 0.25) is 0 Å². The number of unbranched alkanes of at least 4 members (excludes halogenated alkanes) is 3. The van der Waals surface area contributed by atoms with E-state index in [1.165, 1.54) is 51.8 Å². The third-order valence-corrected chi connectivity index (χ3v) is 21.2. The van der Waals surface area contributed by atoms with Gasteiger partial charge in [0.1, 0.15) is 0 Å². The zero-order valence-corrected chi connectivity index (χ0v) is 28.4. The van der Waals surface area contributed by atoms with E-state index in [9.17, 15) is 9.59 Å². The quantitative estimate of drug-likeness (QED) is 0.170. The second-order valence-electron chi connectivity index (χ2n) is 12.2. The summed E-state index contributed by atoms with van der Waals surface area (Å²) in [4.78, 5) is 26.2. The van der Waals surface area contributed by atoms with Crippen LogP contribution in [0.2, 0.25) is 13.3 Å². The molecule has 0 saturated heterocycles. The number of carbonyl (C=O) groups is 2. The minimum atomic E-state index is -2.48. The van der Waals surface area contributed by atoms with Gasteiger partial charge < -0.3 is 0 Å². The molecule has 5 nitrogen and oxygen atoms in total. The molecule has 1 aromatic carbocycles. The average molecular weight is 636 g/mol. The average Bonchev–Trinajstić information content (AvgIpc) is 2.85. The molecule has 2 amide bonds. The number of alkyl carbamates (subject to hydrolysis) is 1. The molecule has 0 fully saturated rings. The van der Waals surface area contributed by atoms with Gasteiger partial charge in [0, 0.05) is 0 Å². The number of hydrogen-bond donors (Lipinski definition) is 2. The van der Waals surface area contributed by atoms with E-state index in [1.54, 1.807) is 0 Å². The first-order valence-electron chi connectivity index (χ1n) is 15.0. The maximum atomic E-state index is 13.6. The second-order valence-corrected chi connectivity index (χ2v) is 25.2. The van der Waals surface area contributed by atoms with Crippen LogP contribution >= 0.6 is 0 Å². The summed E-state index contributed by atoms with van der Waals surface area (Å²) in [6.45, 7) is 16.7. The number of carbonyl (C=O) groups excluding carboxylic acids is 2. The molecule has 0 heterocycles. The third kappa shape index (κ3) is 14.0. The fourth-order valence-corrected chi connectivity index (χ4v) is 19.1. The van der Waals surface area contributed by atoms with Gasteiger partial charge in [-0.1, -0.05) is 0 Å². The molecular formula is C32H56N2O3Sn. The minimum absolute atomic E-state index is 0.0674. The monoisotopic (exact) mass is 636 g/mol. The molecule has 1 aromatic rings. The Labute approximate surface area is 237 Å². The summed E-state index contributed by atoms with van der Waals surface area (Å²) in [5.41, 5.74) is 0.363. The zero-order valence-electron chi connectivity index (χ0n) is 25.6. The first kappa shape index (κ1) is 34.5. The Balaban J connectivity index is 3.17. The van der Waals surface area contributed by atoms with E-state index >= 15 is 0 Å². The Bertz CT molecular complexity index is 811. The Kier molecular flexibility index (Phi) is 16.3. The van der Waals surface area contributed by atoms with Gasteiger partial charge in [0.25, 0.3) is 0 Å². The molecule has 0 aliphatic rings. The van der Waals surface area contributed by atoms with Crippen LogP contribution in [0.5, 0.6) is 0 Å². The van der Waals surface area contributed by atoms with Crippen LogP contribution in [-0.4, -0.2) is 48.1 Å². The van der Waals surface area contributed by atoms with Gasteiger partial charge in [-0.15, -0.1) is 0 Å². The normalized spacial score (nSPS) is 13.9. The van der Waals surface area contributed by atoms with Crippen molar-refractivity contribution >= 4 is 30.4 Å². The number of amides is 2. The summed E-state index contributed by atoms with van der Waals surface area (Å²) < 4.78 is 12.3. The molecule has 0 unspecified atom stereocenters.